The van der Waals surface area contributed by atoms with Crippen LogP contribution in [0.25, 0.3) is 11.5 Å². The van der Waals surface area contributed by atoms with Gasteiger partial charge in [-0.2, -0.15) is 9.67 Å². The van der Waals surface area contributed by atoms with Gasteiger partial charge in [0.05, 0.1) is 6.04 Å². The first kappa shape index (κ1) is 25.3. The number of carbonyl (C=O) groups excluding carboxylic acids is 2. The van der Waals surface area contributed by atoms with E-state index in [1.54, 1.807) is 42.6 Å². The molecule has 9 nitrogen and oxygen atoms in total. The predicted molar refractivity (Wildman–Crippen MR) is 146 cm³/mol. The highest BCUT2D eigenvalue weighted by atomic mass is 16.2. The molecule has 0 unspecified atom stereocenters. The third-order valence-corrected chi connectivity index (χ3v) is 6.76. The highest BCUT2D eigenvalue weighted by Crippen LogP contribution is 2.20. The number of nitrogens with two attached hydrogens (primary N) is 1. The van der Waals surface area contributed by atoms with Crippen LogP contribution >= 0.6 is 0 Å². The number of carbonyl (C=O) groups is 2. The molecule has 2 aromatic carbocycles. The highest BCUT2D eigenvalue weighted by Gasteiger charge is 2.24. The zero-order valence-corrected chi connectivity index (χ0v) is 21.1. The number of anilines is 2. The Labute approximate surface area is 221 Å². The highest BCUT2D eigenvalue weighted by molar-refractivity contribution is 5.98. The van der Waals surface area contributed by atoms with E-state index in [2.05, 4.69) is 25.7 Å². The molecule has 1 fully saturated rings. The van der Waals surface area contributed by atoms with Gasteiger partial charge in [0, 0.05) is 23.5 Å². The van der Waals surface area contributed by atoms with Gasteiger partial charge in [-0.3, -0.25) is 14.6 Å². The molecule has 4 N–H and O–H groups in total. The molecule has 4 aromatic rings. The van der Waals surface area contributed by atoms with Gasteiger partial charge in [0.15, 0.2) is 0 Å². The van der Waals surface area contributed by atoms with Crippen LogP contribution in [0.5, 0.6) is 0 Å². The second-order valence-electron chi connectivity index (χ2n) is 9.54. The van der Waals surface area contributed by atoms with Crippen LogP contribution in [0.2, 0.25) is 0 Å². The minimum atomic E-state index is -0.420. The average Bonchev–Trinajstić information content (AvgIpc) is 3.36. The lowest BCUT2D eigenvalue weighted by molar-refractivity contribution is -0.118. The maximum Gasteiger partial charge on any atom is 0.281 e. The minimum Gasteiger partial charge on any atom is -0.368 e. The molecule has 2 heterocycles. The molecule has 0 spiro atoms. The molecule has 1 atom stereocenters. The molecule has 1 aliphatic carbocycles. The van der Waals surface area contributed by atoms with Crippen LogP contribution < -0.4 is 16.4 Å². The summed E-state index contributed by atoms with van der Waals surface area (Å²) in [4.78, 5) is 34.7. The van der Waals surface area contributed by atoms with Gasteiger partial charge in [-0.15, -0.1) is 5.10 Å². The van der Waals surface area contributed by atoms with Crippen LogP contribution in [0, 0.1) is 0 Å². The van der Waals surface area contributed by atoms with Crippen molar-refractivity contribution in [1.82, 2.24) is 25.1 Å². The van der Waals surface area contributed by atoms with Gasteiger partial charge in [-0.05, 0) is 61.2 Å². The van der Waals surface area contributed by atoms with Crippen LogP contribution in [-0.4, -0.2) is 43.6 Å². The molecule has 194 valence electrons. The lowest BCUT2D eigenvalue weighted by atomic mass is 9.94. The number of benzene rings is 2. The molecule has 9 heteroatoms. The molecule has 0 aliphatic heterocycles. The number of nitrogens with zero attached hydrogens (tertiary/aromatic N) is 4. The molecule has 38 heavy (non-hydrogen) atoms. The zero-order valence-electron chi connectivity index (χ0n) is 21.1. The summed E-state index contributed by atoms with van der Waals surface area (Å²) >= 11 is 0. The van der Waals surface area contributed by atoms with Gasteiger partial charge in [-0.1, -0.05) is 55.7 Å². The summed E-state index contributed by atoms with van der Waals surface area (Å²) in [6.07, 6.45) is 8.02. The molecular formula is C29H31N7O2. The molecule has 0 radical (unpaired) electrons. The SMILES string of the molecule is Nc1nc(-c2ccccn2)nn1C(=O)c1ccc(NC(=O)[C@@H](Cc2ccccc2)NC2CCCCC2)cc1. The lowest BCUT2D eigenvalue weighted by Crippen LogP contribution is -2.47. The van der Waals surface area contributed by atoms with Crippen LogP contribution in [0.4, 0.5) is 11.6 Å². The number of amides is 1. The minimum absolute atomic E-state index is 0.0226. The van der Waals surface area contributed by atoms with Crippen LogP contribution in [0.1, 0.15) is 48.0 Å². The van der Waals surface area contributed by atoms with Gasteiger partial charge < -0.3 is 16.4 Å². The van der Waals surface area contributed by atoms with Crippen molar-refractivity contribution < 1.29 is 9.59 Å². The maximum absolute atomic E-state index is 13.3. The Morgan fingerprint density at radius 2 is 1.68 bits per heavy atom. The van der Waals surface area contributed by atoms with Gasteiger partial charge in [0.25, 0.3) is 5.91 Å². The Morgan fingerprint density at radius 1 is 0.947 bits per heavy atom. The van der Waals surface area contributed by atoms with E-state index in [-0.39, 0.29) is 23.7 Å². The van der Waals surface area contributed by atoms with Gasteiger partial charge >= 0.3 is 0 Å². The Kier molecular flexibility index (Phi) is 7.84. The normalized spacial score (nSPS) is 14.6. The lowest BCUT2D eigenvalue weighted by Gasteiger charge is -2.28. The summed E-state index contributed by atoms with van der Waals surface area (Å²) in [5.41, 5.74) is 8.57. The van der Waals surface area contributed by atoms with Gasteiger partial charge in [-0.25, -0.2) is 0 Å². The van der Waals surface area contributed by atoms with Gasteiger partial charge in [0.1, 0.15) is 5.69 Å². The number of pyridine rings is 1. The van der Waals surface area contributed by atoms with Crippen molar-refractivity contribution in [2.75, 3.05) is 11.1 Å². The molecular weight excluding hydrogens is 478 g/mol. The zero-order chi connectivity index (χ0) is 26.3. The van der Waals surface area contributed by atoms with Crippen LogP contribution in [0.15, 0.2) is 79.0 Å². The fraction of sp³-hybridized carbons (Fsp3) is 0.276. The monoisotopic (exact) mass is 509 g/mol. The largest absolute Gasteiger partial charge is 0.368 e. The summed E-state index contributed by atoms with van der Waals surface area (Å²) in [5.74, 6) is -0.268. The van der Waals surface area contributed by atoms with E-state index in [0.29, 0.717) is 29.4 Å². The Hall–Kier alpha value is -4.37. The molecule has 1 aliphatic rings. The summed E-state index contributed by atoms with van der Waals surface area (Å²) < 4.78 is 1.06. The Bertz CT molecular complexity index is 1370. The first-order chi connectivity index (χ1) is 18.6. The first-order valence-electron chi connectivity index (χ1n) is 13.0. The van der Waals surface area contributed by atoms with Crippen molar-refractivity contribution in [3.8, 4) is 11.5 Å². The van der Waals surface area contributed by atoms with E-state index in [1.165, 1.54) is 19.3 Å². The number of hydrogen-bond acceptors (Lipinski definition) is 7. The predicted octanol–water partition coefficient (Wildman–Crippen LogP) is 4.08. The second kappa shape index (κ2) is 11.8. The topological polar surface area (TPSA) is 128 Å². The van der Waals surface area contributed by atoms with E-state index in [4.69, 9.17) is 5.73 Å². The maximum atomic E-state index is 13.3. The van der Waals surface area contributed by atoms with Crippen LogP contribution in [0.3, 0.4) is 0 Å². The van der Waals surface area contributed by atoms with Crippen molar-refractivity contribution in [1.29, 1.82) is 0 Å². The summed E-state index contributed by atoms with van der Waals surface area (Å²) in [7, 11) is 0. The second-order valence-corrected chi connectivity index (χ2v) is 9.54. The summed E-state index contributed by atoms with van der Waals surface area (Å²) in [6.45, 7) is 0. The van der Waals surface area contributed by atoms with Crippen molar-refractivity contribution in [3.63, 3.8) is 0 Å². The molecule has 1 amide bonds. The third-order valence-electron chi connectivity index (χ3n) is 6.76. The number of nitrogens with one attached hydrogen (secondary N) is 2. The smallest absolute Gasteiger partial charge is 0.281 e. The van der Waals surface area contributed by atoms with E-state index in [1.807, 2.05) is 36.4 Å². The van der Waals surface area contributed by atoms with E-state index in [0.717, 1.165) is 23.1 Å². The number of rotatable bonds is 8. The number of nitrogen functional groups attached to an aromatic ring is 1. The molecule has 5 rings (SSSR count). The molecule has 0 saturated heterocycles. The molecule has 1 saturated carbocycles. The van der Waals surface area contributed by atoms with E-state index in [9.17, 15) is 9.59 Å². The quantitative estimate of drug-likeness (QED) is 0.326. The van der Waals surface area contributed by atoms with Gasteiger partial charge in [0.2, 0.25) is 17.7 Å². The standard InChI is InChI=1S/C29H31N7O2/c30-29-34-26(24-13-7-8-18-31-24)35-36(29)28(38)21-14-16-23(17-15-21)33-27(37)25(19-20-9-3-1-4-10-20)32-22-11-5-2-6-12-22/h1,3-4,7-10,13-18,22,25,32H,2,5-6,11-12,19H2,(H,33,37)(H2,30,34,35)/t25-/m1/s1. The van der Waals surface area contributed by atoms with Crippen molar-refractivity contribution in [2.45, 2.75) is 50.6 Å². The Balaban J connectivity index is 1.27. The Morgan fingerprint density at radius 3 is 2.39 bits per heavy atom. The van der Waals surface area contributed by atoms with Crippen molar-refractivity contribution in [3.05, 3.63) is 90.1 Å². The van der Waals surface area contributed by atoms with Crippen molar-refractivity contribution in [2.24, 2.45) is 0 Å². The van der Waals surface area contributed by atoms with E-state index >= 15 is 0 Å². The van der Waals surface area contributed by atoms with Crippen LogP contribution in [-0.2, 0) is 11.2 Å². The summed E-state index contributed by atoms with van der Waals surface area (Å²) in [6, 6.07) is 22.0. The number of hydrogen-bond donors (Lipinski definition) is 3. The fourth-order valence-electron chi connectivity index (χ4n) is 4.76. The first-order valence-corrected chi connectivity index (χ1v) is 13.0. The van der Waals surface area contributed by atoms with E-state index < -0.39 is 5.91 Å². The molecule has 0 bridgehead atoms. The molecule has 2 aromatic heterocycles. The fourth-order valence-corrected chi connectivity index (χ4v) is 4.76. The number of aromatic nitrogens is 4. The third kappa shape index (κ3) is 6.12. The van der Waals surface area contributed by atoms with Crippen molar-refractivity contribution >= 4 is 23.5 Å². The average molecular weight is 510 g/mol. The summed E-state index contributed by atoms with van der Waals surface area (Å²) in [5, 5.41) is 10.8.